The number of carbonyl (C=O) groups is 1. The number of pyridine rings is 1. The van der Waals surface area contributed by atoms with Gasteiger partial charge in [0.2, 0.25) is 11.8 Å². The van der Waals surface area contributed by atoms with E-state index in [9.17, 15) is 4.79 Å². The van der Waals surface area contributed by atoms with Crippen molar-refractivity contribution >= 4 is 5.91 Å². The van der Waals surface area contributed by atoms with Crippen LogP contribution in [0.4, 0.5) is 0 Å². The third-order valence-corrected chi connectivity index (χ3v) is 2.38. The lowest BCUT2D eigenvalue weighted by Gasteiger charge is -2.13. The van der Waals surface area contributed by atoms with E-state index in [0.717, 1.165) is 5.56 Å². The van der Waals surface area contributed by atoms with Crippen LogP contribution in [0.2, 0.25) is 0 Å². The molecule has 5 nitrogen and oxygen atoms in total. The molecule has 0 radical (unpaired) electrons. The van der Waals surface area contributed by atoms with Crippen molar-refractivity contribution in [2.24, 2.45) is 0 Å². The normalized spacial score (nSPS) is 11.4. The number of hydrogen-bond donors (Lipinski definition) is 2. The van der Waals surface area contributed by atoms with Crippen LogP contribution in [0.5, 0.6) is 5.88 Å². The first-order chi connectivity index (χ1) is 8.67. The van der Waals surface area contributed by atoms with Crippen LogP contribution in [0, 0.1) is 12.3 Å². The van der Waals surface area contributed by atoms with E-state index in [1.807, 2.05) is 12.1 Å². The fourth-order valence-electron chi connectivity index (χ4n) is 1.33. The Morgan fingerprint density at radius 1 is 1.67 bits per heavy atom. The third-order valence-electron chi connectivity index (χ3n) is 2.38. The average Bonchev–Trinajstić information content (AvgIpc) is 2.42. The summed E-state index contributed by atoms with van der Waals surface area (Å²) in [6, 6.07) is 3.37. The van der Waals surface area contributed by atoms with E-state index in [1.165, 1.54) is 0 Å². The minimum Gasteiger partial charge on any atom is -0.481 e. The molecule has 1 heterocycles. The predicted octanol–water partition coefficient (Wildman–Crippen LogP) is 0.318. The predicted molar refractivity (Wildman–Crippen MR) is 68.9 cm³/mol. The van der Waals surface area contributed by atoms with Crippen molar-refractivity contribution in [2.75, 3.05) is 13.7 Å². The summed E-state index contributed by atoms with van der Waals surface area (Å²) in [6.07, 6.45) is 6.73. The Balaban J connectivity index is 2.44. The molecule has 1 amide bonds. The Bertz CT molecular complexity index is 440. The molecule has 1 rings (SSSR count). The van der Waals surface area contributed by atoms with E-state index in [0.29, 0.717) is 12.4 Å². The molecule has 0 spiro atoms. The zero-order chi connectivity index (χ0) is 13.4. The minimum atomic E-state index is -0.308. The van der Waals surface area contributed by atoms with E-state index in [1.54, 1.807) is 20.2 Å². The van der Waals surface area contributed by atoms with Crippen molar-refractivity contribution in [1.29, 1.82) is 0 Å². The van der Waals surface area contributed by atoms with Gasteiger partial charge in [0.15, 0.2) is 0 Å². The molecule has 18 heavy (non-hydrogen) atoms. The molecule has 5 heteroatoms. The SMILES string of the molecule is C#CCNC(=O)C(C)NCc1ccnc(OC)c1. The highest BCUT2D eigenvalue weighted by Crippen LogP contribution is 2.08. The van der Waals surface area contributed by atoms with Gasteiger partial charge in [0, 0.05) is 18.8 Å². The first-order valence-electron chi connectivity index (χ1n) is 5.61. The summed E-state index contributed by atoms with van der Waals surface area (Å²) >= 11 is 0. The van der Waals surface area contributed by atoms with Crippen molar-refractivity contribution in [3.05, 3.63) is 23.9 Å². The molecule has 1 aromatic rings. The number of nitrogens with zero attached hydrogens (tertiary/aromatic N) is 1. The molecule has 0 bridgehead atoms. The number of terminal acetylenes is 1. The Labute approximate surface area is 107 Å². The maximum atomic E-state index is 11.5. The molecule has 2 N–H and O–H groups in total. The summed E-state index contributed by atoms with van der Waals surface area (Å²) in [5.41, 5.74) is 0.999. The largest absolute Gasteiger partial charge is 0.481 e. The zero-order valence-electron chi connectivity index (χ0n) is 10.6. The lowest BCUT2D eigenvalue weighted by Crippen LogP contribution is -2.41. The first kappa shape index (κ1) is 14.0. The summed E-state index contributed by atoms with van der Waals surface area (Å²) in [4.78, 5) is 15.5. The molecule has 0 aromatic carbocycles. The number of methoxy groups -OCH3 is 1. The Hall–Kier alpha value is -2.06. The molecular formula is C13H17N3O2. The fraction of sp³-hybridized carbons (Fsp3) is 0.385. The first-order valence-corrected chi connectivity index (χ1v) is 5.61. The highest BCUT2D eigenvalue weighted by atomic mass is 16.5. The van der Waals surface area contributed by atoms with Gasteiger partial charge in [-0.05, 0) is 18.6 Å². The number of hydrogen-bond acceptors (Lipinski definition) is 4. The highest BCUT2D eigenvalue weighted by molar-refractivity contribution is 5.81. The van der Waals surface area contributed by atoms with Crippen LogP contribution in [-0.4, -0.2) is 30.6 Å². The van der Waals surface area contributed by atoms with Crippen LogP contribution in [0.1, 0.15) is 12.5 Å². The van der Waals surface area contributed by atoms with Crippen LogP contribution < -0.4 is 15.4 Å². The Morgan fingerprint density at radius 3 is 3.11 bits per heavy atom. The molecule has 0 aliphatic heterocycles. The molecule has 0 saturated carbocycles. The average molecular weight is 247 g/mol. The van der Waals surface area contributed by atoms with E-state index < -0.39 is 0 Å². The van der Waals surface area contributed by atoms with Crippen LogP contribution in [0.15, 0.2) is 18.3 Å². The standard InChI is InChI=1S/C13H17N3O2/c1-4-6-15-13(17)10(2)16-9-11-5-7-14-12(8-11)18-3/h1,5,7-8,10,16H,6,9H2,2-3H3,(H,15,17). The highest BCUT2D eigenvalue weighted by Gasteiger charge is 2.10. The quantitative estimate of drug-likeness (QED) is 0.711. The molecule has 0 aliphatic rings. The molecule has 1 atom stereocenters. The fourth-order valence-corrected chi connectivity index (χ4v) is 1.33. The second kappa shape index (κ2) is 7.30. The van der Waals surface area contributed by atoms with Gasteiger partial charge in [-0.25, -0.2) is 4.98 Å². The van der Waals surface area contributed by atoms with Gasteiger partial charge in [-0.3, -0.25) is 4.79 Å². The number of amides is 1. The van der Waals surface area contributed by atoms with Gasteiger partial charge in [0.1, 0.15) is 0 Å². The number of rotatable bonds is 6. The second-order valence-electron chi connectivity index (χ2n) is 3.73. The zero-order valence-corrected chi connectivity index (χ0v) is 10.6. The number of ether oxygens (including phenoxy) is 1. The number of aromatic nitrogens is 1. The molecule has 1 unspecified atom stereocenters. The van der Waals surface area contributed by atoms with Gasteiger partial charge in [0.25, 0.3) is 0 Å². The molecule has 0 saturated heterocycles. The molecule has 0 aliphatic carbocycles. The molecular weight excluding hydrogens is 230 g/mol. The summed E-state index contributed by atoms with van der Waals surface area (Å²) in [7, 11) is 1.56. The topological polar surface area (TPSA) is 63.2 Å². The summed E-state index contributed by atoms with van der Waals surface area (Å²) in [5.74, 6) is 2.80. The number of nitrogens with one attached hydrogen (secondary N) is 2. The van der Waals surface area contributed by atoms with Gasteiger partial charge in [0.05, 0.1) is 19.7 Å². The smallest absolute Gasteiger partial charge is 0.237 e. The maximum absolute atomic E-state index is 11.5. The molecule has 96 valence electrons. The maximum Gasteiger partial charge on any atom is 0.237 e. The summed E-state index contributed by atoms with van der Waals surface area (Å²) < 4.78 is 5.02. The second-order valence-corrected chi connectivity index (χ2v) is 3.73. The van der Waals surface area contributed by atoms with Gasteiger partial charge in [-0.15, -0.1) is 6.42 Å². The van der Waals surface area contributed by atoms with Crippen molar-refractivity contribution in [2.45, 2.75) is 19.5 Å². The van der Waals surface area contributed by atoms with Gasteiger partial charge in [-0.1, -0.05) is 5.92 Å². The van der Waals surface area contributed by atoms with Crippen molar-refractivity contribution < 1.29 is 9.53 Å². The molecule has 1 aromatic heterocycles. The molecule has 0 fully saturated rings. The van der Waals surface area contributed by atoms with E-state index in [4.69, 9.17) is 11.2 Å². The minimum absolute atomic E-state index is 0.117. The van der Waals surface area contributed by atoms with Crippen LogP contribution in [0.3, 0.4) is 0 Å². The Kier molecular flexibility index (Phi) is 5.68. The van der Waals surface area contributed by atoms with E-state index in [2.05, 4.69) is 21.5 Å². The van der Waals surface area contributed by atoms with Crippen LogP contribution >= 0.6 is 0 Å². The lowest BCUT2D eigenvalue weighted by atomic mass is 10.2. The lowest BCUT2D eigenvalue weighted by molar-refractivity contribution is -0.122. The van der Waals surface area contributed by atoms with Gasteiger partial charge >= 0.3 is 0 Å². The number of carbonyl (C=O) groups excluding carboxylic acids is 1. The summed E-state index contributed by atoms with van der Waals surface area (Å²) in [5, 5.41) is 5.71. The van der Waals surface area contributed by atoms with Gasteiger partial charge in [-0.2, -0.15) is 0 Å². The monoisotopic (exact) mass is 247 g/mol. The third kappa shape index (κ3) is 4.44. The van der Waals surface area contributed by atoms with Crippen LogP contribution in [-0.2, 0) is 11.3 Å². The van der Waals surface area contributed by atoms with E-state index >= 15 is 0 Å². The van der Waals surface area contributed by atoms with Crippen molar-refractivity contribution in [3.63, 3.8) is 0 Å². The van der Waals surface area contributed by atoms with Crippen LogP contribution in [0.25, 0.3) is 0 Å². The van der Waals surface area contributed by atoms with E-state index in [-0.39, 0.29) is 18.5 Å². The van der Waals surface area contributed by atoms with Crippen molar-refractivity contribution in [1.82, 2.24) is 15.6 Å². The van der Waals surface area contributed by atoms with Crippen molar-refractivity contribution in [3.8, 4) is 18.2 Å². The Morgan fingerprint density at radius 2 is 2.44 bits per heavy atom. The summed E-state index contributed by atoms with van der Waals surface area (Å²) in [6.45, 7) is 2.59. The van der Waals surface area contributed by atoms with Gasteiger partial charge < -0.3 is 15.4 Å².